The Hall–Kier alpha value is -1.10. The van der Waals surface area contributed by atoms with Gasteiger partial charge in [0.25, 0.3) is 0 Å². The third-order valence-corrected chi connectivity index (χ3v) is 3.48. The highest BCUT2D eigenvalue weighted by Crippen LogP contribution is 2.31. The zero-order chi connectivity index (χ0) is 14.5. The fraction of sp³-hybridized carbons (Fsp3) is 0.267. The van der Waals surface area contributed by atoms with Gasteiger partial charge in [-0.05, 0) is 53.2 Å². The van der Waals surface area contributed by atoms with Gasteiger partial charge in [-0.3, -0.25) is 0 Å². The van der Waals surface area contributed by atoms with Gasteiger partial charge in [0, 0.05) is 22.8 Å². The average Bonchev–Trinajstić information content (AvgIpc) is 2.41. The Bertz CT molecular complexity index is 604. The van der Waals surface area contributed by atoms with Crippen LogP contribution in [0, 0.1) is 6.92 Å². The van der Waals surface area contributed by atoms with Crippen LogP contribution in [0.1, 0.15) is 18.1 Å². The van der Waals surface area contributed by atoms with E-state index in [0.717, 1.165) is 22.1 Å². The number of hydrogen-bond acceptors (Lipinski definition) is 3. The molecule has 0 bridgehead atoms. The highest BCUT2D eigenvalue weighted by atomic mass is 79.9. The average molecular weight is 356 g/mol. The maximum atomic E-state index is 6.19. The second-order valence-electron chi connectivity index (χ2n) is 4.43. The van der Waals surface area contributed by atoms with Crippen LogP contribution < -0.4 is 10.1 Å². The predicted octanol–water partition coefficient (Wildman–Crippen LogP) is 4.71. The molecule has 5 heteroatoms. The molecule has 3 nitrogen and oxygen atoms in total. The van der Waals surface area contributed by atoms with Crippen LogP contribution in [0.3, 0.4) is 0 Å². The fourth-order valence-electron chi connectivity index (χ4n) is 1.74. The van der Waals surface area contributed by atoms with Crippen molar-refractivity contribution in [1.29, 1.82) is 0 Å². The van der Waals surface area contributed by atoms with Crippen molar-refractivity contribution in [3.8, 4) is 11.6 Å². The maximum Gasteiger partial charge on any atom is 0.223 e. The minimum absolute atomic E-state index is 0.569. The van der Waals surface area contributed by atoms with Crippen molar-refractivity contribution in [3.63, 3.8) is 0 Å². The van der Waals surface area contributed by atoms with E-state index in [1.54, 1.807) is 6.20 Å². The third-order valence-electron chi connectivity index (χ3n) is 2.75. The smallest absolute Gasteiger partial charge is 0.223 e. The number of aromatic nitrogens is 1. The van der Waals surface area contributed by atoms with Crippen molar-refractivity contribution in [3.05, 3.63) is 51.1 Å². The zero-order valence-electron chi connectivity index (χ0n) is 11.4. The number of aryl methyl sites for hydroxylation is 1. The van der Waals surface area contributed by atoms with Gasteiger partial charge < -0.3 is 10.1 Å². The number of nitrogens with one attached hydrogen (secondary N) is 1. The number of hydrogen-bond donors (Lipinski definition) is 1. The largest absolute Gasteiger partial charge is 0.437 e. The van der Waals surface area contributed by atoms with E-state index in [4.69, 9.17) is 16.3 Å². The molecular weight excluding hydrogens is 340 g/mol. The first kappa shape index (κ1) is 15.3. The van der Waals surface area contributed by atoms with Crippen molar-refractivity contribution < 1.29 is 4.74 Å². The van der Waals surface area contributed by atoms with Crippen molar-refractivity contribution in [2.45, 2.75) is 20.4 Å². The second kappa shape index (κ2) is 7.07. The summed E-state index contributed by atoms with van der Waals surface area (Å²) in [6.45, 7) is 5.63. The van der Waals surface area contributed by atoms with E-state index in [-0.39, 0.29) is 0 Å². The Morgan fingerprint density at radius 3 is 2.85 bits per heavy atom. The molecule has 20 heavy (non-hydrogen) atoms. The molecule has 1 heterocycles. The minimum Gasteiger partial charge on any atom is -0.437 e. The molecule has 0 spiro atoms. The van der Waals surface area contributed by atoms with E-state index in [0.29, 0.717) is 23.2 Å². The molecule has 0 fully saturated rings. The number of ether oxygens (including phenoxy) is 1. The molecule has 1 N–H and O–H groups in total. The molecule has 0 unspecified atom stereocenters. The number of pyridine rings is 1. The maximum absolute atomic E-state index is 6.19. The number of halogens is 2. The summed E-state index contributed by atoms with van der Waals surface area (Å²) in [4.78, 5) is 4.32. The van der Waals surface area contributed by atoms with E-state index in [9.17, 15) is 0 Å². The van der Waals surface area contributed by atoms with Crippen LogP contribution in [0.2, 0.25) is 5.02 Å². The van der Waals surface area contributed by atoms with Crippen LogP contribution in [0.4, 0.5) is 0 Å². The van der Waals surface area contributed by atoms with Crippen LogP contribution >= 0.6 is 27.5 Å². The molecule has 0 radical (unpaired) electrons. The van der Waals surface area contributed by atoms with Gasteiger partial charge in [-0.15, -0.1) is 0 Å². The first-order valence-corrected chi connectivity index (χ1v) is 7.56. The Morgan fingerprint density at radius 2 is 2.15 bits per heavy atom. The van der Waals surface area contributed by atoms with Crippen LogP contribution in [-0.2, 0) is 6.54 Å². The van der Waals surface area contributed by atoms with E-state index in [1.807, 2.05) is 31.2 Å². The van der Waals surface area contributed by atoms with Gasteiger partial charge in [-0.1, -0.05) is 24.6 Å². The van der Waals surface area contributed by atoms with Gasteiger partial charge in [0.2, 0.25) is 5.88 Å². The lowest BCUT2D eigenvalue weighted by atomic mass is 10.2. The van der Waals surface area contributed by atoms with Gasteiger partial charge in [-0.2, -0.15) is 0 Å². The Kier molecular flexibility index (Phi) is 5.40. The van der Waals surface area contributed by atoms with Crippen LogP contribution in [0.15, 0.2) is 34.9 Å². The molecule has 0 aliphatic carbocycles. The van der Waals surface area contributed by atoms with Crippen LogP contribution in [0.5, 0.6) is 11.6 Å². The lowest BCUT2D eigenvalue weighted by Crippen LogP contribution is -2.13. The topological polar surface area (TPSA) is 34.2 Å². The molecule has 106 valence electrons. The summed E-state index contributed by atoms with van der Waals surface area (Å²) in [5.41, 5.74) is 2.08. The molecule has 0 aliphatic rings. The van der Waals surface area contributed by atoms with Crippen molar-refractivity contribution in [2.75, 3.05) is 6.54 Å². The van der Waals surface area contributed by atoms with Gasteiger partial charge in [0.05, 0.1) is 5.02 Å². The Balaban J connectivity index is 2.27. The van der Waals surface area contributed by atoms with Crippen molar-refractivity contribution >= 4 is 27.5 Å². The highest BCUT2D eigenvalue weighted by Gasteiger charge is 2.10. The lowest BCUT2D eigenvalue weighted by molar-refractivity contribution is 0.453. The Labute approximate surface area is 132 Å². The van der Waals surface area contributed by atoms with E-state index < -0.39 is 0 Å². The summed E-state index contributed by atoms with van der Waals surface area (Å²) in [6.07, 6.45) is 1.72. The molecular formula is C15H16BrClN2O. The third kappa shape index (κ3) is 3.95. The lowest BCUT2D eigenvalue weighted by Gasteiger charge is -2.12. The summed E-state index contributed by atoms with van der Waals surface area (Å²) in [5.74, 6) is 1.18. The van der Waals surface area contributed by atoms with Crippen LogP contribution in [-0.4, -0.2) is 11.5 Å². The SMILES string of the molecule is CCNCc1cc(Br)cnc1Oc1ccc(C)cc1Cl. The first-order chi connectivity index (χ1) is 9.60. The number of rotatable bonds is 5. The summed E-state index contributed by atoms with van der Waals surface area (Å²) in [6, 6.07) is 7.69. The number of benzene rings is 1. The summed E-state index contributed by atoms with van der Waals surface area (Å²) in [5, 5.41) is 3.86. The summed E-state index contributed by atoms with van der Waals surface area (Å²) in [7, 11) is 0. The van der Waals surface area contributed by atoms with Gasteiger partial charge in [-0.25, -0.2) is 4.98 Å². The molecule has 2 rings (SSSR count). The van der Waals surface area contributed by atoms with E-state index >= 15 is 0 Å². The van der Waals surface area contributed by atoms with Gasteiger partial charge in [0.15, 0.2) is 0 Å². The quantitative estimate of drug-likeness (QED) is 0.843. The molecule has 0 saturated carbocycles. The molecule has 2 aromatic rings. The standard InChI is InChI=1S/C15H16BrClN2O/c1-3-18-8-11-7-12(16)9-19-15(11)20-14-5-4-10(2)6-13(14)17/h4-7,9,18H,3,8H2,1-2H3. The van der Waals surface area contributed by atoms with Gasteiger partial charge >= 0.3 is 0 Å². The number of nitrogens with zero attached hydrogens (tertiary/aromatic N) is 1. The molecule has 0 saturated heterocycles. The second-order valence-corrected chi connectivity index (χ2v) is 5.76. The zero-order valence-corrected chi connectivity index (χ0v) is 13.8. The molecule has 1 aromatic heterocycles. The normalized spacial score (nSPS) is 10.6. The van der Waals surface area contributed by atoms with Gasteiger partial charge in [0.1, 0.15) is 5.75 Å². The van der Waals surface area contributed by atoms with Crippen LogP contribution in [0.25, 0.3) is 0 Å². The van der Waals surface area contributed by atoms with E-state index in [2.05, 4.69) is 33.2 Å². The highest BCUT2D eigenvalue weighted by molar-refractivity contribution is 9.10. The summed E-state index contributed by atoms with van der Waals surface area (Å²) < 4.78 is 6.77. The molecule has 0 aliphatic heterocycles. The molecule has 0 atom stereocenters. The van der Waals surface area contributed by atoms with Crippen molar-refractivity contribution in [2.24, 2.45) is 0 Å². The summed E-state index contributed by atoms with van der Waals surface area (Å²) >= 11 is 9.62. The minimum atomic E-state index is 0.569. The monoisotopic (exact) mass is 354 g/mol. The van der Waals surface area contributed by atoms with E-state index in [1.165, 1.54) is 0 Å². The van der Waals surface area contributed by atoms with Crippen molar-refractivity contribution in [1.82, 2.24) is 10.3 Å². The Morgan fingerprint density at radius 1 is 1.35 bits per heavy atom. The molecule has 0 amide bonds. The molecule has 1 aromatic carbocycles. The first-order valence-electron chi connectivity index (χ1n) is 6.39. The predicted molar refractivity (Wildman–Crippen MR) is 85.6 cm³/mol. The fourth-order valence-corrected chi connectivity index (χ4v) is 2.39.